The summed E-state index contributed by atoms with van der Waals surface area (Å²) in [6.45, 7) is 16.0. The van der Waals surface area contributed by atoms with Crippen LogP contribution in [0, 0.1) is 5.41 Å². The number of hydrogen-bond acceptors (Lipinski definition) is 5. The van der Waals surface area contributed by atoms with Crippen LogP contribution in [0.1, 0.15) is 81.6 Å². The standard InChI is InChI=1S/C17H34O6/c1-10-11-12-17(16(8,9)13(18)19,22-20-14(2,3)4)23-21-15(5,6)7/h10-12H2,1-9H3,(H,18,19). The average molecular weight is 334 g/mol. The molecule has 0 heterocycles. The zero-order valence-electron chi connectivity index (χ0n) is 16.1. The molecule has 0 saturated carbocycles. The van der Waals surface area contributed by atoms with Gasteiger partial charge in [-0.3, -0.25) is 4.79 Å². The third-order valence-electron chi connectivity index (χ3n) is 3.20. The number of hydrogen-bond donors (Lipinski definition) is 1. The highest BCUT2D eigenvalue weighted by Gasteiger charge is 2.56. The number of unbranched alkanes of at least 4 members (excludes halogenated alkanes) is 1. The van der Waals surface area contributed by atoms with Crippen LogP contribution in [0.25, 0.3) is 0 Å². The fourth-order valence-electron chi connectivity index (χ4n) is 1.58. The molecule has 0 aromatic heterocycles. The molecule has 6 nitrogen and oxygen atoms in total. The minimum atomic E-state index is -1.56. The van der Waals surface area contributed by atoms with Crippen LogP contribution in [0.3, 0.4) is 0 Å². The van der Waals surface area contributed by atoms with Crippen molar-refractivity contribution in [2.75, 3.05) is 0 Å². The van der Waals surface area contributed by atoms with E-state index in [1.54, 1.807) is 13.8 Å². The lowest BCUT2D eigenvalue weighted by Gasteiger charge is -2.42. The normalized spacial score (nSPS) is 14.1. The molecule has 0 aliphatic heterocycles. The van der Waals surface area contributed by atoms with Gasteiger partial charge in [-0.05, 0) is 61.8 Å². The lowest BCUT2D eigenvalue weighted by atomic mass is 9.80. The molecule has 0 aromatic rings. The minimum Gasteiger partial charge on any atom is -0.481 e. The lowest BCUT2D eigenvalue weighted by molar-refractivity contribution is -0.559. The van der Waals surface area contributed by atoms with Gasteiger partial charge in [-0.2, -0.15) is 9.78 Å². The van der Waals surface area contributed by atoms with Crippen LogP contribution in [0.4, 0.5) is 0 Å². The number of rotatable bonds is 9. The van der Waals surface area contributed by atoms with Gasteiger partial charge in [0.25, 0.3) is 0 Å². The lowest BCUT2D eigenvalue weighted by Crippen LogP contribution is -2.55. The van der Waals surface area contributed by atoms with Crippen LogP contribution in [0.5, 0.6) is 0 Å². The van der Waals surface area contributed by atoms with Crippen LogP contribution in [0.2, 0.25) is 0 Å². The topological polar surface area (TPSA) is 74.2 Å². The van der Waals surface area contributed by atoms with E-state index in [1.807, 2.05) is 48.5 Å². The summed E-state index contributed by atoms with van der Waals surface area (Å²) in [6, 6.07) is 0. The summed E-state index contributed by atoms with van der Waals surface area (Å²) in [7, 11) is 0. The van der Waals surface area contributed by atoms with Gasteiger partial charge in [-0.1, -0.05) is 13.3 Å². The molecular formula is C17H34O6. The van der Waals surface area contributed by atoms with Crippen LogP contribution < -0.4 is 0 Å². The van der Waals surface area contributed by atoms with Crippen LogP contribution >= 0.6 is 0 Å². The molecule has 0 aliphatic rings. The molecule has 0 spiro atoms. The molecule has 0 atom stereocenters. The number of carbonyl (C=O) groups is 1. The molecule has 138 valence electrons. The summed E-state index contributed by atoms with van der Waals surface area (Å²) >= 11 is 0. The molecule has 0 aliphatic carbocycles. The smallest absolute Gasteiger partial charge is 0.314 e. The Kier molecular flexibility index (Phi) is 7.68. The van der Waals surface area contributed by atoms with E-state index in [4.69, 9.17) is 19.6 Å². The molecule has 0 aromatic carbocycles. The fourth-order valence-corrected chi connectivity index (χ4v) is 1.58. The first-order valence-corrected chi connectivity index (χ1v) is 8.14. The summed E-state index contributed by atoms with van der Waals surface area (Å²) in [6.07, 6.45) is 1.89. The molecule has 1 N–H and O–H groups in total. The molecule has 0 saturated heterocycles. The zero-order chi connectivity index (χ0) is 18.5. The van der Waals surface area contributed by atoms with Crippen LogP contribution in [-0.4, -0.2) is 28.1 Å². The summed E-state index contributed by atoms with van der Waals surface area (Å²) in [5.74, 6) is -2.61. The molecule has 0 unspecified atom stereocenters. The SMILES string of the molecule is CCCCC(OOC(C)(C)C)(OOC(C)(C)C)C(C)(C)C(=O)O. The predicted octanol–water partition coefficient (Wildman–Crippen LogP) is 4.48. The van der Waals surface area contributed by atoms with Crippen molar-refractivity contribution in [3.63, 3.8) is 0 Å². The second-order valence-corrected chi connectivity index (χ2v) is 8.34. The van der Waals surface area contributed by atoms with Crippen molar-refractivity contribution in [1.29, 1.82) is 0 Å². The van der Waals surface area contributed by atoms with E-state index in [-0.39, 0.29) is 0 Å². The minimum absolute atomic E-state index is 0.328. The van der Waals surface area contributed by atoms with Crippen molar-refractivity contribution in [2.45, 2.75) is 98.6 Å². The Morgan fingerprint density at radius 2 is 1.22 bits per heavy atom. The molecule has 0 rings (SSSR count). The quantitative estimate of drug-likeness (QED) is 0.381. The van der Waals surface area contributed by atoms with Crippen molar-refractivity contribution < 1.29 is 29.5 Å². The van der Waals surface area contributed by atoms with E-state index < -0.39 is 28.4 Å². The Bertz CT molecular complexity index is 358. The van der Waals surface area contributed by atoms with E-state index in [0.29, 0.717) is 12.8 Å². The molecule has 6 heteroatoms. The summed E-state index contributed by atoms with van der Waals surface area (Å²) in [4.78, 5) is 33.8. The highest BCUT2D eigenvalue weighted by molar-refractivity contribution is 5.75. The van der Waals surface area contributed by atoms with E-state index in [1.165, 1.54) is 0 Å². The van der Waals surface area contributed by atoms with Crippen molar-refractivity contribution in [3.8, 4) is 0 Å². The van der Waals surface area contributed by atoms with Gasteiger partial charge in [0.05, 0.1) is 11.2 Å². The second kappa shape index (κ2) is 7.92. The highest BCUT2D eigenvalue weighted by atomic mass is 17.3. The largest absolute Gasteiger partial charge is 0.481 e. The van der Waals surface area contributed by atoms with Crippen molar-refractivity contribution in [3.05, 3.63) is 0 Å². The Labute approximate surface area is 140 Å². The van der Waals surface area contributed by atoms with Gasteiger partial charge in [0.15, 0.2) is 0 Å². The summed E-state index contributed by atoms with van der Waals surface area (Å²) < 4.78 is 0. The van der Waals surface area contributed by atoms with Crippen LogP contribution in [0.15, 0.2) is 0 Å². The van der Waals surface area contributed by atoms with Crippen molar-refractivity contribution in [2.24, 2.45) is 5.41 Å². The Balaban J connectivity index is 5.65. The Hall–Kier alpha value is -0.690. The Morgan fingerprint density at radius 3 is 1.48 bits per heavy atom. The van der Waals surface area contributed by atoms with E-state index in [0.717, 1.165) is 6.42 Å². The fraction of sp³-hybridized carbons (Fsp3) is 0.941. The third-order valence-corrected chi connectivity index (χ3v) is 3.20. The molecule has 0 fully saturated rings. The van der Waals surface area contributed by atoms with Gasteiger partial charge in [-0.15, -0.1) is 0 Å². The van der Waals surface area contributed by atoms with E-state index >= 15 is 0 Å². The third kappa shape index (κ3) is 7.16. The molecule has 23 heavy (non-hydrogen) atoms. The van der Waals surface area contributed by atoms with E-state index in [2.05, 4.69) is 0 Å². The zero-order valence-corrected chi connectivity index (χ0v) is 16.1. The maximum absolute atomic E-state index is 11.8. The van der Waals surface area contributed by atoms with Gasteiger partial charge in [0.2, 0.25) is 5.79 Å². The highest BCUT2D eigenvalue weighted by Crippen LogP contribution is 2.42. The van der Waals surface area contributed by atoms with Crippen LogP contribution in [-0.2, 0) is 24.3 Å². The Morgan fingerprint density at radius 1 is 0.826 bits per heavy atom. The average Bonchev–Trinajstić information content (AvgIpc) is 2.35. The van der Waals surface area contributed by atoms with Crippen molar-refractivity contribution in [1.82, 2.24) is 0 Å². The number of carboxylic acid groups (broad SMARTS) is 1. The molecule has 0 amide bonds. The van der Waals surface area contributed by atoms with Gasteiger partial charge >= 0.3 is 5.97 Å². The van der Waals surface area contributed by atoms with Gasteiger partial charge < -0.3 is 5.11 Å². The second-order valence-electron chi connectivity index (χ2n) is 8.34. The first-order valence-electron chi connectivity index (χ1n) is 8.14. The van der Waals surface area contributed by atoms with Crippen molar-refractivity contribution >= 4 is 5.97 Å². The maximum atomic E-state index is 11.8. The van der Waals surface area contributed by atoms with Gasteiger partial charge in [0, 0.05) is 6.42 Å². The molecular weight excluding hydrogens is 300 g/mol. The summed E-state index contributed by atoms with van der Waals surface area (Å²) in [5.41, 5.74) is -2.60. The number of aliphatic carboxylic acids is 1. The van der Waals surface area contributed by atoms with Gasteiger partial charge in [0.1, 0.15) is 5.41 Å². The van der Waals surface area contributed by atoms with E-state index in [9.17, 15) is 9.90 Å². The summed E-state index contributed by atoms with van der Waals surface area (Å²) in [5, 5.41) is 9.66. The number of carboxylic acids is 1. The molecule has 0 radical (unpaired) electrons. The first kappa shape index (κ1) is 22.3. The maximum Gasteiger partial charge on any atom is 0.314 e. The van der Waals surface area contributed by atoms with Gasteiger partial charge in [-0.25, -0.2) is 9.78 Å². The predicted molar refractivity (Wildman–Crippen MR) is 87.5 cm³/mol. The first-order chi connectivity index (χ1) is 10.2. The monoisotopic (exact) mass is 334 g/mol. The molecule has 0 bridgehead atoms.